The summed E-state index contributed by atoms with van der Waals surface area (Å²) in [5.74, 6) is -1.35. The first-order chi connectivity index (χ1) is 9.69. The van der Waals surface area contributed by atoms with Crippen LogP contribution in [0.4, 0.5) is 0 Å². The second kappa shape index (κ2) is 5.07. The number of carbonyl (C=O) groups excluding carboxylic acids is 3. The molecule has 0 bridgehead atoms. The summed E-state index contributed by atoms with van der Waals surface area (Å²) >= 11 is 0. The summed E-state index contributed by atoms with van der Waals surface area (Å²) < 4.78 is 10.6. The monoisotopic (exact) mass is 274 g/mol. The quantitative estimate of drug-likeness (QED) is 0.615. The van der Waals surface area contributed by atoms with E-state index in [-0.39, 0.29) is 24.4 Å². The number of hydrogen-bond donors (Lipinski definition) is 0. The van der Waals surface area contributed by atoms with Crippen molar-refractivity contribution in [1.29, 1.82) is 0 Å². The van der Waals surface area contributed by atoms with Crippen molar-refractivity contribution in [3.05, 3.63) is 35.9 Å². The zero-order valence-electron chi connectivity index (χ0n) is 10.7. The minimum Gasteiger partial charge on any atom is -0.462 e. The number of ether oxygens (including phenoxy) is 2. The maximum absolute atomic E-state index is 12.0. The number of rotatable bonds is 3. The third-order valence-corrected chi connectivity index (χ3v) is 3.98. The zero-order valence-corrected chi connectivity index (χ0v) is 10.7. The third kappa shape index (κ3) is 2.19. The second-order valence-electron chi connectivity index (χ2n) is 5.16. The molecular weight excluding hydrogens is 260 g/mol. The van der Waals surface area contributed by atoms with E-state index >= 15 is 0 Å². The Morgan fingerprint density at radius 1 is 1.30 bits per heavy atom. The van der Waals surface area contributed by atoms with Crippen LogP contribution in [0.1, 0.15) is 23.2 Å². The van der Waals surface area contributed by atoms with E-state index in [1.54, 1.807) is 24.3 Å². The van der Waals surface area contributed by atoms with Gasteiger partial charge < -0.3 is 14.3 Å². The van der Waals surface area contributed by atoms with Gasteiger partial charge in [-0.05, 0) is 12.1 Å². The van der Waals surface area contributed by atoms with E-state index in [9.17, 15) is 14.4 Å². The number of benzene rings is 1. The van der Waals surface area contributed by atoms with Crippen molar-refractivity contribution in [2.45, 2.75) is 25.0 Å². The van der Waals surface area contributed by atoms with Gasteiger partial charge in [0.05, 0.1) is 17.9 Å². The molecule has 1 aromatic rings. The lowest BCUT2D eigenvalue weighted by molar-refractivity contribution is -0.141. The Labute approximate surface area is 115 Å². The Kier molecular flexibility index (Phi) is 3.26. The van der Waals surface area contributed by atoms with Gasteiger partial charge in [-0.15, -0.1) is 0 Å². The topological polar surface area (TPSA) is 69.7 Å². The fraction of sp³-hybridized carbons (Fsp3) is 0.400. The van der Waals surface area contributed by atoms with Gasteiger partial charge in [-0.1, -0.05) is 18.2 Å². The van der Waals surface area contributed by atoms with Gasteiger partial charge in [-0.2, -0.15) is 0 Å². The van der Waals surface area contributed by atoms with Gasteiger partial charge in [0.25, 0.3) is 0 Å². The van der Waals surface area contributed by atoms with Crippen LogP contribution in [0.25, 0.3) is 0 Å². The Balaban J connectivity index is 1.71. The van der Waals surface area contributed by atoms with Crippen LogP contribution in [0.3, 0.4) is 0 Å². The van der Waals surface area contributed by atoms with Crippen molar-refractivity contribution < 1.29 is 23.9 Å². The van der Waals surface area contributed by atoms with Gasteiger partial charge in [0.1, 0.15) is 18.5 Å². The molecule has 0 N–H and O–H groups in total. The van der Waals surface area contributed by atoms with Crippen LogP contribution in [0.2, 0.25) is 0 Å². The summed E-state index contributed by atoms with van der Waals surface area (Å²) in [4.78, 5) is 34.4. The highest BCUT2D eigenvalue weighted by Crippen LogP contribution is 2.41. The predicted molar refractivity (Wildman–Crippen MR) is 67.8 cm³/mol. The molecular formula is C15H14O5. The average molecular weight is 274 g/mol. The molecule has 2 aliphatic rings. The van der Waals surface area contributed by atoms with Crippen LogP contribution in [-0.4, -0.2) is 30.4 Å². The Morgan fingerprint density at radius 3 is 2.75 bits per heavy atom. The number of esters is 2. The fourth-order valence-corrected chi connectivity index (χ4v) is 2.99. The normalized spacial score (nSPS) is 31.5. The van der Waals surface area contributed by atoms with Crippen molar-refractivity contribution in [3.8, 4) is 0 Å². The molecule has 5 heteroatoms. The second-order valence-corrected chi connectivity index (χ2v) is 5.16. The Hall–Kier alpha value is -2.17. The van der Waals surface area contributed by atoms with Crippen LogP contribution in [-0.2, 0) is 19.1 Å². The molecule has 1 heterocycles. The molecule has 1 aromatic carbocycles. The minimum atomic E-state index is -0.511. The van der Waals surface area contributed by atoms with Crippen molar-refractivity contribution in [3.63, 3.8) is 0 Å². The Bertz CT molecular complexity index is 538. The molecule has 2 fully saturated rings. The molecule has 4 atom stereocenters. The first-order valence-electron chi connectivity index (χ1n) is 6.60. The maximum atomic E-state index is 12.0. The fourth-order valence-electron chi connectivity index (χ4n) is 2.99. The molecule has 0 unspecified atom stereocenters. The Morgan fingerprint density at radius 2 is 2.05 bits per heavy atom. The van der Waals surface area contributed by atoms with E-state index in [0.29, 0.717) is 12.0 Å². The number of hydrogen-bond acceptors (Lipinski definition) is 5. The van der Waals surface area contributed by atoms with E-state index in [1.807, 2.05) is 6.07 Å². The summed E-state index contributed by atoms with van der Waals surface area (Å²) in [5, 5.41) is 0. The molecule has 1 saturated heterocycles. The van der Waals surface area contributed by atoms with Crippen LogP contribution in [0.5, 0.6) is 0 Å². The lowest BCUT2D eigenvalue weighted by Gasteiger charge is -2.17. The van der Waals surface area contributed by atoms with Gasteiger partial charge in [-0.25, -0.2) is 4.79 Å². The first kappa shape index (κ1) is 12.8. The molecule has 1 aliphatic carbocycles. The van der Waals surface area contributed by atoms with Crippen LogP contribution in [0, 0.1) is 11.8 Å². The molecule has 0 radical (unpaired) electrons. The standard InChI is InChI=1S/C15H14O5/c16-8-11-10-6-14(17)19-12(10)7-13(11)20-15(18)9-4-2-1-3-5-9/h1-5,8,10-13H,6-7H2/t10-,11+,12-,13-/m1/s1. The largest absolute Gasteiger partial charge is 0.462 e. The molecule has 104 valence electrons. The third-order valence-electron chi connectivity index (χ3n) is 3.98. The highest BCUT2D eigenvalue weighted by Gasteiger charge is 2.51. The van der Waals surface area contributed by atoms with Crippen LogP contribution < -0.4 is 0 Å². The lowest BCUT2D eigenvalue weighted by Crippen LogP contribution is -2.27. The summed E-state index contributed by atoms with van der Waals surface area (Å²) in [6, 6.07) is 8.63. The van der Waals surface area contributed by atoms with Crippen LogP contribution in [0.15, 0.2) is 30.3 Å². The highest BCUT2D eigenvalue weighted by molar-refractivity contribution is 5.89. The number of aldehydes is 1. The van der Waals surface area contributed by atoms with Gasteiger partial charge in [0.2, 0.25) is 0 Å². The van der Waals surface area contributed by atoms with Crippen molar-refractivity contribution in [2.75, 3.05) is 0 Å². The number of fused-ring (bicyclic) bond motifs is 1. The molecule has 3 rings (SSSR count). The van der Waals surface area contributed by atoms with Crippen molar-refractivity contribution in [1.82, 2.24) is 0 Å². The first-order valence-corrected chi connectivity index (χ1v) is 6.60. The zero-order chi connectivity index (χ0) is 14.1. The average Bonchev–Trinajstić information content (AvgIpc) is 2.95. The summed E-state index contributed by atoms with van der Waals surface area (Å²) in [7, 11) is 0. The van der Waals surface area contributed by atoms with Crippen molar-refractivity contribution in [2.24, 2.45) is 11.8 Å². The van der Waals surface area contributed by atoms with Gasteiger partial charge >= 0.3 is 11.9 Å². The summed E-state index contributed by atoms with van der Waals surface area (Å²) in [6.45, 7) is 0. The van der Waals surface area contributed by atoms with E-state index in [1.165, 1.54) is 0 Å². The molecule has 1 saturated carbocycles. The summed E-state index contributed by atoms with van der Waals surface area (Å²) in [6.07, 6.45) is 0.594. The predicted octanol–water partition coefficient (Wildman–Crippen LogP) is 1.36. The molecule has 0 aromatic heterocycles. The van der Waals surface area contributed by atoms with Crippen LogP contribution >= 0.6 is 0 Å². The summed E-state index contributed by atoms with van der Waals surface area (Å²) in [5.41, 5.74) is 0.450. The molecule has 20 heavy (non-hydrogen) atoms. The molecule has 0 amide bonds. The van der Waals surface area contributed by atoms with E-state index in [2.05, 4.69) is 0 Å². The van der Waals surface area contributed by atoms with E-state index < -0.39 is 18.0 Å². The van der Waals surface area contributed by atoms with E-state index in [4.69, 9.17) is 9.47 Å². The van der Waals surface area contributed by atoms with Gasteiger partial charge in [0.15, 0.2) is 0 Å². The van der Waals surface area contributed by atoms with E-state index in [0.717, 1.165) is 6.29 Å². The molecule has 5 nitrogen and oxygen atoms in total. The number of carbonyl (C=O) groups is 3. The highest BCUT2D eigenvalue weighted by atomic mass is 16.6. The van der Waals surface area contributed by atoms with Gasteiger partial charge in [0, 0.05) is 12.3 Å². The molecule has 0 spiro atoms. The maximum Gasteiger partial charge on any atom is 0.338 e. The van der Waals surface area contributed by atoms with Crippen molar-refractivity contribution >= 4 is 18.2 Å². The molecule has 1 aliphatic heterocycles. The van der Waals surface area contributed by atoms with Gasteiger partial charge in [-0.3, -0.25) is 4.79 Å². The SMILES string of the molecule is O=C[C@H]1[C@H]2CC(=O)O[C@@H]2C[C@H]1OC(=O)c1ccccc1. The minimum absolute atomic E-state index is 0.159. The lowest BCUT2D eigenvalue weighted by atomic mass is 9.93. The smallest absolute Gasteiger partial charge is 0.338 e.